The Hall–Kier alpha value is -2.82. The molecule has 0 unspecified atom stereocenters. The zero-order valence-electron chi connectivity index (χ0n) is 14.2. The number of rotatable bonds is 6. The van der Waals surface area contributed by atoms with E-state index in [-0.39, 0.29) is 18.4 Å². The highest BCUT2D eigenvalue weighted by molar-refractivity contribution is 5.95. The third-order valence-electron chi connectivity index (χ3n) is 3.51. The van der Waals surface area contributed by atoms with Crippen molar-refractivity contribution in [1.29, 1.82) is 0 Å². The first-order chi connectivity index (χ1) is 11.5. The quantitative estimate of drug-likeness (QED) is 0.851. The van der Waals surface area contributed by atoms with E-state index in [1.54, 1.807) is 19.1 Å². The number of amides is 2. The summed E-state index contributed by atoms with van der Waals surface area (Å²) >= 11 is 0. The summed E-state index contributed by atoms with van der Waals surface area (Å²) in [6.45, 7) is 5.60. The lowest BCUT2D eigenvalue weighted by Gasteiger charge is -2.11. The smallest absolute Gasteiger partial charge is 0.262 e. The minimum Gasteiger partial charge on any atom is -0.484 e. The second-order valence-corrected chi connectivity index (χ2v) is 5.58. The molecule has 0 heterocycles. The van der Waals surface area contributed by atoms with Crippen molar-refractivity contribution in [1.82, 2.24) is 0 Å². The average molecular weight is 326 g/mol. The van der Waals surface area contributed by atoms with Gasteiger partial charge >= 0.3 is 0 Å². The fraction of sp³-hybridized carbons (Fsp3) is 0.263. The normalized spacial score (nSPS) is 10.1. The number of aryl methyl sites for hydroxylation is 2. The molecule has 0 bridgehead atoms. The van der Waals surface area contributed by atoms with E-state index in [0.717, 1.165) is 11.1 Å². The van der Waals surface area contributed by atoms with Crippen molar-refractivity contribution >= 4 is 23.2 Å². The van der Waals surface area contributed by atoms with Gasteiger partial charge in [-0.25, -0.2) is 0 Å². The number of hydrogen-bond acceptors (Lipinski definition) is 3. The summed E-state index contributed by atoms with van der Waals surface area (Å²) in [7, 11) is 0. The van der Waals surface area contributed by atoms with Crippen molar-refractivity contribution in [2.45, 2.75) is 27.2 Å². The van der Waals surface area contributed by atoms with Crippen LogP contribution in [0.1, 0.15) is 24.5 Å². The summed E-state index contributed by atoms with van der Waals surface area (Å²) in [6, 6.07) is 12.9. The van der Waals surface area contributed by atoms with Crippen LogP contribution in [0.5, 0.6) is 5.75 Å². The molecule has 5 heteroatoms. The number of carbonyl (C=O) groups excluding carboxylic acids is 2. The van der Waals surface area contributed by atoms with Gasteiger partial charge in [0.1, 0.15) is 5.75 Å². The summed E-state index contributed by atoms with van der Waals surface area (Å²) in [5.41, 5.74) is 3.38. The number of anilines is 2. The van der Waals surface area contributed by atoms with E-state index in [1.807, 2.05) is 44.2 Å². The summed E-state index contributed by atoms with van der Waals surface area (Å²) in [6.07, 6.45) is 0.403. The molecule has 0 spiro atoms. The number of benzene rings is 2. The first kappa shape index (κ1) is 17.5. The van der Waals surface area contributed by atoms with Gasteiger partial charge in [-0.05, 0) is 43.7 Å². The standard InChI is InChI=1S/C19H22N2O3/c1-4-18(22)21-17-11-15(8-7-14(17)3)20-19(23)12-24-16-9-5-13(2)6-10-16/h5-11H,4,12H2,1-3H3,(H,20,23)(H,21,22). The Kier molecular flexibility index (Phi) is 5.95. The van der Waals surface area contributed by atoms with Crippen LogP contribution in [0.25, 0.3) is 0 Å². The molecule has 126 valence electrons. The van der Waals surface area contributed by atoms with Crippen LogP contribution in [0.4, 0.5) is 11.4 Å². The molecule has 0 radical (unpaired) electrons. The third kappa shape index (κ3) is 5.12. The molecule has 0 aliphatic rings. The van der Waals surface area contributed by atoms with Crippen LogP contribution in [0.15, 0.2) is 42.5 Å². The van der Waals surface area contributed by atoms with E-state index in [4.69, 9.17) is 4.74 Å². The van der Waals surface area contributed by atoms with E-state index >= 15 is 0 Å². The van der Waals surface area contributed by atoms with Crippen molar-refractivity contribution in [3.63, 3.8) is 0 Å². The van der Waals surface area contributed by atoms with Crippen LogP contribution in [0.3, 0.4) is 0 Å². The molecule has 2 N–H and O–H groups in total. The van der Waals surface area contributed by atoms with E-state index < -0.39 is 0 Å². The predicted octanol–water partition coefficient (Wildman–Crippen LogP) is 3.67. The lowest BCUT2D eigenvalue weighted by Crippen LogP contribution is -2.20. The van der Waals surface area contributed by atoms with Crippen LogP contribution in [0.2, 0.25) is 0 Å². The van der Waals surface area contributed by atoms with Crippen molar-refractivity contribution < 1.29 is 14.3 Å². The van der Waals surface area contributed by atoms with Gasteiger partial charge in [-0.15, -0.1) is 0 Å². The molecule has 0 atom stereocenters. The maximum atomic E-state index is 12.0. The number of nitrogens with one attached hydrogen (secondary N) is 2. The van der Waals surface area contributed by atoms with Crippen molar-refractivity contribution in [2.24, 2.45) is 0 Å². The largest absolute Gasteiger partial charge is 0.484 e. The molecule has 2 amide bonds. The highest BCUT2D eigenvalue weighted by Crippen LogP contribution is 2.20. The summed E-state index contributed by atoms with van der Waals surface area (Å²) < 4.78 is 5.45. The van der Waals surface area contributed by atoms with E-state index in [2.05, 4.69) is 10.6 Å². The fourth-order valence-corrected chi connectivity index (χ4v) is 2.05. The van der Waals surface area contributed by atoms with Gasteiger partial charge in [0.05, 0.1) is 0 Å². The lowest BCUT2D eigenvalue weighted by atomic mass is 10.1. The third-order valence-corrected chi connectivity index (χ3v) is 3.51. The van der Waals surface area contributed by atoms with Gasteiger partial charge in [-0.2, -0.15) is 0 Å². The van der Waals surface area contributed by atoms with Crippen LogP contribution < -0.4 is 15.4 Å². The first-order valence-corrected chi connectivity index (χ1v) is 7.87. The Balaban J connectivity index is 1.94. The van der Waals surface area contributed by atoms with Gasteiger partial charge in [0.15, 0.2) is 6.61 Å². The Morgan fingerprint density at radius 2 is 1.67 bits per heavy atom. The molecule has 0 aliphatic heterocycles. The highest BCUT2D eigenvalue weighted by Gasteiger charge is 2.07. The number of ether oxygens (including phenoxy) is 1. The molecule has 2 aromatic carbocycles. The van der Waals surface area contributed by atoms with Crippen molar-refractivity contribution in [3.05, 3.63) is 53.6 Å². The lowest BCUT2D eigenvalue weighted by molar-refractivity contribution is -0.118. The maximum Gasteiger partial charge on any atom is 0.262 e. The number of carbonyl (C=O) groups is 2. The van der Waals surface area contributed by atoms with Crippen LogP contribution in [-0.2, 0) is 9.59 Å². The zero-order chi connectivity index (χ0) is 17.5. The van der Waals surface area contributed by atoms with E-state index in [0.29, 0.717) is 23.5 Å². The SMILES string of the molecule is CCC(=O)Nc1cc(NC(=O)COc2ccc(C)cc2)ccc1C. The second-order valence-electron chi connectivity index (χ2n) is 5.58. The summed E-state index contributed by atoms with van der Waals surface area (Å²) in [4.78, 5) is 23.5. The number of hydrogen-bond donors (Lipinski definition) is 2. The summed E-state index contributed by atoms with van der Waals surface area (Å²) in [5, 5.41) is 5.58. The predicted molar refractivity (Wildman–Crippen MR) is 95.4 cm³/mol. The van der Waals surface area contributed by atoms with Gasteiger partial charge in [-0.1, -0.05) is 30.7 Å². The van der Waals surface area contributed by atoms with Crippen molar-refractivity contribution in [2.75, 3.05) is 17.2 Å². The minimum absolute atomic E-state index is 0.0655. The van der Waals surface area contributed by atoms with Gasteiger partial charge in [0.2, 0.25) is 5.91 Å². The molecular formula is C19H22N2O3. The minimum atomic E-state index is -0.257. The Labute approximate surface area is 142 Å². The van der Waals surface area contributed by atoms with Gasteiger partial charge in [0.25, 0.3) is 5.91 Å². The average Bonchev–Trinajstić information content (AvgIpc) is 2.57. The summed E-state index contributed by atoms with van der Waals surface area (Å²) in [5.74, 6) is 0.326. The topological polar surface area (TPSA) is 67.4 Å². The molecule has 2 rings (SSSR count). The molecule has 0 fully saturated rings. The van der Waals surface area contributed by atoms with Gasteiger partial charge in [-0.3, -0.25) is 9.59 Å². The maximum absolute atomic E-state index is 12.0. The van der Waals surface area contributed by atoms with E-state index in [9.17, 15) is 9.59 Å². The molecule has 24 heavy (non-hydrogen) atoms. The van der Waals surface area contributed by atoms with Crippen molar-refractivity contribution in [3.8, 4) is 5.75 Å². The van der Waals surface area contributed by atoms with Crippen LogP contribution in [0, 0.1) is 13.8 Å². The zero-order valence-corrected chi connectivity index (χ0v) is 14.2. The van der Waals surface area contributed by atoms with Crippen LogP contribution >= 0.6 is 0 Å². The molecule has 0 saturated heterocycles. The molecule has 0 aromatic heterocycles. The van der Waals surface area contributed by atoms with Crippen LogP contribution in [-0.4, -0.2) is 18.4 Å². The van der Waals surface area contributed by atoms with E-state index in [1.165, 1.54) is 0 Å². The second kappa shape index (κ2) is 8.15. The molecule has 0 saturated carbocycles. The Morgan fingerprint density at radius 1 is 0.958 bits per heavy atom. The Bertz CT molecular complexity index is 724. The molecule has 2 aromatic rings. The highest BCUT2D eigenvalue weighted by atomic mass is 16.5. The molecule has 5 nitrogen and oxygen atoms in total. The molecular weight excluding hydrogens is 304 g/mol. The monoisotopic (exact) mass is 326 g/mol. The molecule has 0 aliphatic carbocycles. The van der Waals surface area contributed by atoms with Gasteiger partial charge < -0.3 is 15.4 Å². The first-order valence-electron chi connectivity index (χ1n) is 7.87. The fourth-order valence-electron chi connectivity index (χ4n) is 2.05. The Morgan fingerprint density at radius 3 is 2.33 bits per heavy atom. The van der Waals surface area contributed by atoms with Gasteiger partial charge in [0, 0.05) is 17.8 Å².